The van der Waals surface area contributed by atoms with Gasteiger partial charge >= 0.3 is 0 Å². The van der Waals surface area contributed by atoms with Gasteiger partial charge in [0.2, 0.25) is 0 Å². The SMILES string of the molecule is CC(c1ccccc1)N(CCCc1c[nH]c2ccc(-n3cnnc3)cc12)C1CCN(C)CC1. The zero-order valence-electron chi connectivity index (χ0n) is 19.7. The third kappa shape index (κ3) is 4.87. The number of hydrogen-bond donors (Lipinski definition) is 1. The quantitative estimate of drug-likeness (QED) is 0.424. The molecule has 1 aliphatic rings. The fourth-order valence-electron chi connectivity index (χ4n) is 5.26. The van der Waals surface area contributed by atoms with Crippen LogP contribution in [0.1, 0.15) is 43.4 Å². The highest BCUT2D eigenvalue weighted by molar-refractivity contribution is 5.85. The first-order valence-corrected chi connectivity index (χ1v) is 12.1. The number of nitrogens with one attached hydrogen (secondary N) is 1. The Morgan fingerprint density at radius 3 is 2.58 bits per heavy atom. The molecule has 6 heteroatoms. The Balaban J connectivity index is 1.31. The number of aromatic nitrogens is 4. The molecule has 0 spiro atoms. The Hall–Kier alpha value is -2.96. The Morgan fingerprint density at radius 1 is 1.06 bits per heavy atom. The van der Waals surface area contributed by atoms with Gasteiger partial charge in [-0.1, -0.05) is 30.3 Å². The lowest BCUT2D eigenvalue weighted by Gasteiger charge is -2.41. The summed E-state index contributed by atoms with van der Waals surface area (Å²) in [4.78, 5) is 8.68. The molecule has 0 saturated carbocycles. The molecule has 0 aliphatic carbocycles. The molecule has 3 heterocycles. The number of aromatic amines is 1. The third-order valence-electron chi connectivity index (χ3n) is 7.27. The Bertz CT molecular complexity index is 1140. The highest BCUT2D eigenvalue weighted by Crippen LogP contribution is 2.28. The lowest BCUT2D eigenvalue weighted by atomic mass is 9.97. The summed E-state index contributed by atoms with van der Waals surface area (Å²) in [6.07, 6.45) is 10.4. The zero-order chi connectivity index (χ0) is 22.6. The summed E-state index contributed by atoms with van der Waals surface area (Å²) in [7, 11) is 2.24. The van der Waals surface area contributed by atoms with Crippen LogP contribution < -0.4 is 0 Å². The fraction of sp³-hybridized carbons (Fsp3) is 0.407. The van der Waals surface area contributed by atoms with Gasteiger partial charge in [-0.25, -0.2) is 0 Å². The Morgan fingerprint density at radius 2 is 1.82 bits per heavy atom. The maximum atomic E-state index is 3.94. The highest BCUT2D eigenvalue weighted by atomic mass is 15.2. The van der Waals surface area contributed by atoms with Crippen molar-refractivity contribution in [2.75, 3.05) is 26.7 Å². The van der Waals surface area contributed by atoms with E-state index in [4.69, 9.17) is 0 Å². The molecule has 1 atom stereocenters. The van der Waals surface area contributed by atoms with E-state index in [1.54, 1.807) is 12.7 Å². The van der Waals surface area contributed by atoms with Crippen molar-refractivity contribution in [3.63, 3.8) is 0 Å². The standard InChI is InChI=1S/C27H34N6/c1-21(22-7-4-3-5-8-22)33(24-12-15-31(2)16-13-24)14-6-9-23-18-28-27-11-10-25(17-26(23)27)32-19-29-30-20-32/h3-5,7-8,10-11,17-21,24,28H,6,9,12-16H2,1-2H3. The van der Waals surface area contributed by atoms with Gasteiger partial charge in [-0.15, -0.1) is 10.2 Å². The van der Waals surface area contributed by atoms with E-state index in [1.807, 2.05) is 4.57 Å². The minimum atomic E-state index is 0.433. The summed E-state index contributed by atoms with van der Waals surface area (Å²) >= 11 is 0. The Labute approximate surface area is 196 Å². The van der Waals surface area contributed by atoms with Gasteiger partial charge in [-0.05, 0) is 88.6 Å². The van der Waals surface area contributed by atoms with E-state index < -0.39 is 0 Å². The molecule has 1 fully saturated rings. The van der Waals surface area contributed by atoms with Gasteiger partial charge in [0, 0.05) is 34.9 Å². The molecule has 1 N–H and O–H groups in total. The van der Waals surface area contributed by atoms with Crippen molar-refractivity contribution in [3.05, 3.63) is 78.5 Å². The molecule has 5 rings (SSSR count). The number of nitrogens with zero attached hydrogens (tertiary/aromatic N) is 5. The van der Waals surface area contributed by atoms with Crippen LogP contribution in [-0.2, 0) is 6.42 Å². The molecule has 1 aliphatic heterocycles. The minimum absolute atomic E-state index is 0.433. The second-order valence-corrected chi connectivity index (χ2v) is 9.38. The number of aryl methyl sites for hydroxylation is 1. The number of fused-ring (bicyclic) bond motifs is 1. The van der Waals surface area contributed by atoms with Crippen molar-refractivity contribution in [2.45, 2.75) is 44.7 Å². The van der Waals surface area contributed by atoms with Gasteiger partial charge in [0.05, 0.1) is 0 Å². The van der Waals surface area contributed by atoms with Crippen LogP contribution in [0.15, 0.2) is 67.4 Å². The smallest absolute Gasteiger partial charge is 0.123 e. The normalized spacial score (nSPS) is 16.6. The fourth-order valence-corrected chi connectivity index (χ4v) is 5.26. The number of benzene rings is 2. The van der Waals surface area contributed by atoms with Crippen LogP contribution >= 0.6 is 0 Å². The molecule has 6 nitrogen and oxygen atoms in total. The summed E-state index contributed by atoms with van der Waals surface area (Å²) in [6, 6.07) is 18.6. The van der Waals surface area contributed by atoms with E-state index in [2.05, 4.69) is 93.7 Å². The predicted octanol–water partition coefficient (Wildman–Crippen LogP) is 4.84. The van der Waals surface area contributed by atoms with Crippen LogP contribution in [-0.4, -0.2) is 62.3 Å². The van der Waals surface area contributed by atoms with Crippen LogP contribution in [0.4, 0.5) is 0 Å². The first kappa shape index (κ1) is 21.9. The summed E-state index contributed by atoms with van der Waals surface area (Å²) in [5.41, 5.74) is 5.09. The molecule has 0 bridgehead atoms. The van der Waals surface area contributed by atoms with Crippen LogP contribution in [0.3, 0.4) is 0 Å². The van der Waals surface area contributed by atoms with Gasteiger partial charge in [0.25, 0.3) is 0 Å². The summed E-state index contributed by atoms with van der Waals surface area (Å²) < 4.78 is 1.96. The molecule has 1 saturated heterocycles. The van der Waals surface area contributed by atoms with E-state index in [1.165, 1.54) is 48.0 Å². The summed E-state index contributed by atoms with van der Waals surface area (Å²) in [5, 5.41) is 9.18. The van der Waals surface area contributed by atoms with E-state index in [-0.39, 0.29) is 0 Å². The third-order valence-corrected chi connectivity index (χ3v) is 7.27. The molecule has 172 valence electrons. The van der Waals surface area contributed by atoms with Gasteiger partial charge in [-0.3, -0.25) is 9.47 Å². The first-order chi connectivity index (χ1) is 16.2. The zero-order valence-corrected chi connectivity index (χ0v) is 19.7. The average molecular weight is 443 g/mol. The number of piperidine rings is 1. The monoisotopic (exact) mass is 442 g/mol. The second kappa shape index (κ2) is 9.89. The van der Waals surface area contributed by atoms with Crippen molar-refractivity contribution < 1.29 is 0 Å². The van der Waals surface area contributed by atoms with E-state index in [9.17, 15) is 0 Å². The van der Waals surface area contributed by atoms with Crippen molar-refractivity contribution >= 4 is 10.9 Å². The van der Waals surface area contributed by atoms with Gasteiger partial charge in [0.15, 0.2) is 0 Å². The lowest BCUT2D eigenvalue weighted by Crippen LogP contribution is -2.45. The van der Waals surface area contributed by atoms with E-state index in [0.717, 1.165) is 25.1 Å². The lowest BCUT2D eigenvalue weighted by molar-refractivity contribution is 0.0862. The molecular formula is C27H34N6. The number of H-pyrrole nitrogens is 1. The maximum Gasteiger partial charge on any atom is 0.123 e. The molecule has 0 radical (unpaired) electrons. The molecule has 1 unspecified atom stereocenters. The van der Waals surface area contributed by atoms with Crippen LogP contribution in [0.5, 0.6) is 0 Å². The topological polar surface area (TPSA) is 53.0 Å². The van der Waals surface area contributed by atoms with E-state index >= 15 is 0 Å². The minimum Gasteiger partial charge on any atom is -0.361 e. The maximum absolute atomic E-state index is 3.94. The predicted molar refractivity (Wildman–Crippen MR) is 134 cm³/mol. The highest BCUT2D eigenvalue weighted by Gasteiger charge is 2.27. The van der Waals surface area contributed by atoms with Crippen molar-refractivity contribution in [2.24, 2.45) is 0 Å². The van der Waals surface area contributed by atoms with Crippen molar-refractivity contribution in [1.29, 1.82) is 0 Å². The molecule has 33 heavy (non-hydrogen) atoms. The molecule has 4 aromatic rings. The van der Waals surface area contributed by atoms with Gasteiger partial charge in [0.1, 0.15) is 12.7 Å². The van der Waals surface area contributed by atoms with Crippen LogP contribution in [0.25, 0.3) is 16.6 Å². The van der Waals surface area contributed by atoms with E-state index in [0.29, 0.717) is 12.1 Å². The molecule has 0 amide bonds. The molecule has 2 aromatic carbocycles. The number of rotatable bonds is 8. The van der Waals surface area contributed by atoms with Crippen molar-refractivity contribution in [1.82, 2.24) is 29.5 Å². The molecular weight excluding hydrogens is 408 g/mol. The number of hydrogen-bond acceptors (Lipinski definition) is 4. The second-order valence-electron chi connectivity index (χ2n) is 9.38. The largest absolute Gasteiger partial charge is 0.361 e. The molecule has 2 aromatic heterocycles. The van der Waals surface area contributed by atoms with Gasteiger partial charge < -0.3 is 9.88 Å². The first-order valence-electron chi connectivity index (χ1n) is 12.1. The number of likely N-dealkylation sites (tertiary alicyclic amines) is 1. The van der Waals surface area contributed by atoms with Crippen LogP contribution in [0.2, 0.25) is 0 Å². The van der Waals surface area contributed by atoms with Gasteiger partial charge in [-0.2, -0.15) is 0 Å². The van der Waals surface area contributed by atoms with Crippen molar-refractivity contribution in [3.8, 4) is 5.69 Å². The summed E-state index contributed by atoms with van der Waals surface area (Å²) in [5.74, 6) is 0. The summed E-state index contributed by atoms with van der Waals surface area (Å²) in [6.45, 7) is 5.88. The Kier molecular flexibility index (Phi) is 6.55. The van der Waals surface area contributed by atoms with Crippen LogP contribution in [0, 0.1) is 0 Å². The average Bonchev–Trinajstić information content (AvgIpc) is 3.53.